The van der Waals surface area contributed by atoms with Gasteiger partial charge in [-0.05, 0) is 44.2 Å². The zero-order chi connectivity index (χ0) is 13.4. The summed E-state index contributed by atoms with van der Waals surface area (Å²) in [6, 6.07) is 8.75. The van der Waals surface area contributed by atoms with Gasteiger partial charge in [-0.25, -0.2) is 0 Å². The van der Waals surface area contributed by atoms with Gasteiger partial charge >= 0.3 is 0 Å². The molecule has 1 nitrogen and oxygen atoms in total. The van der Waals surface area contributed by atoms with Gasteiger partial charge in [0.2, 0.25) is 0 Å². The average molecular weight is 244 g/mol. The van der Waals surface area contributed by atoms with Crippen LogP contribution in [0.4, 0.5) is 0 Å². The zero-order valence-electron chi connectivity index (χ0n) is 11.8. The van der Waals surface area contributed by atoms with Crippen LogP contribution in [0.1, 0.15) is 51.2 Å². The number of rotatable bonds is 3. The number of unbranched alkanes of at least 4 members (excludes halogenated alkanes) is 2. The molecule has 1 aromatic carbocycles. The van der Waals surface area contributed by atoms with E-state index in [2.05, 4.69) is 45.0 Å². The first-order valence-electron chi connectivity index (χ1n) is 6.84. The van der Waals surface area contributed by atoms with Crippen LogP contribution in [0.2, 0.25) is 0 Å². The van der Waals surface area contributed by atoms with E-state index in [1.165, 1.54) is 11.1 Å². The minimum absolute atomic E-state index is 0.733. The van der Waals surface area contributed by atoms with Crippen molar-refractivity contribution in [2.75, 3.05) is 0 Å². The summed E-state index contributed by atoms with van der Waals surface area (Å²) in [6.45, 7) is 6.56. The molecule has 1 heteroatoms. The van der Waals surface area contributed by atoms with Crippen LogP contribution in [-0.4, -0.2) is 6.29 Å². The van der Waals surface area contributed by atoms with Crippen molar-refractivity contribution >= 4 is 6.29 Å². The molecule has 0 unspecified atom stereocenters. The molecule has 0 bridgehead atoms. The molecule has 18 heavy (non-hydrogen) atoms. The summed E-state index contributed by atoms with van der Waals surface area (Å²) >= 11 is 0. The van der Waals surface area contributed by atoms with Gasteiger partial charge < -0.3 is 4.79 Å². The van der Waals surface area contributed by atoms with Crippen LogP contribution >= 0.6 is 0 Å². The molecule has 0 aromatic heterocycles. The minimum atomic E-state index is 0.733. The van der Waals surface area contributed by atoms with Crippen molar-refractivity contribution in [3.05, 3.63) is 46.5 Å². The first-order chi connectivity index (χ1) is 8.69. The highest BCUT2D eigenvalue weighted by atomic mass is 16.1. The van der Waals surface area contributed by atoms with E-state index in [1.54, 1.807) is 11.1 Å². The van der Waals surface area contributed by atoms with Crippen LogP contribution in [0, 0.1) is 0 Å². The van der Waals surface area contributed by atoms with E-state index in [0.29, 0.717) is 0 Å². The maximum absolute atomic E-state index is 9.56. The third-order valence-corrected chi connectivity index (χ3v) is 3.43. The molecule has 0 N–H and O–H groups in total. The predicted octanol–water partition coefficient (Wildman–Crippen LogP) is 4.50. The Kier molecular flexibility index (Phi) is 6.42. The molecular formula is C17H24O. The Balaban J connectivity index is 0.000000232. The lowest BCUT2D eigenvalue weighted by Crippen LogP contribution is -2.04. The second-order valence-electron chi connectivity index (χ2n) is 4.99. The number of carbonyl (C=O) groups is 1. The normalized spacial score (nSPS) is 13.5. The molecular weight excluding hydrogens is 220 g/mol. The molecule has 2 rings (SSSR count). The van der Waals surface area contributed by atoms with Crippen LogP contribution in [0.5, 0.6) is 0 Å². The SMILES string of the molecule is CC1=C(C)Cc2ccccc2C1.CCCCC=O. The van der Waals surface area contributed by atoms with Crippen molar-refractivity contribution in [2.24, 2.45) is 0 Å². The van der Waals surface area contributed by atoms with Gasteiger partial charge in [0.25, 0.3) is 0 Å². The van der Waals surface area contributed by atoms with Crippen molar-refractivity contribution in [2.45, 2.75) is 52.9 Å². The standard InChI is InChI=1S/C12H14.C5H10O/c1-9-7-11-5-3-4-6-12(11)8-10(9)2;1-2-3-4-5-6/h3-6H,7-8H2,1-2H3;5H,2-4H2,1H3. The summed E-state index contributed by atoms with van der Waals surface area (Å²) in [5, 5.41) is 0. The molecule has 0 radical (unpaired) electrons. The van der Waals surface area contributed by atoms with Crippen molar-refractivity contribution in [1.29, 1.82) is 0 Å². The van der Waals surface area contributed by atoms with Gasteiger partial charge in [0.15, 0.2) is 0 Å². The van der Waals surface area contributed by atoms with E-state index in [9.17, 15) is 4.79 Å². The molecule has 0 atom stereocenters. The highest BCUT2D eigenvalue weighted by molar-refractivity contribution is 5.48. The first-order valence-corrected chi connectivity index (χ1v) is 6.84. The molecule has 0 amide bonds. The zero-order valence-corrected chi connectivity index (χ0v) is 11.8. The fraction of sp³-hybridized carbons (Fsp3) is 0.471. The molecule has 0 aliphatic heterocycles. The Morgan fingerprint density at radius 2 is 1.56 bits per heavy atom. The largest absolute Gasteiger partial charge is 0.303 e. The summed E-state index contributed by atoms with van der Waals surface area (Å²) in [7, 11) is 0. The van der Waals surface area contributed by atoms with Crippen molar-refractivity contribution in [1.82, 2.24) is 0 Å². The van der Waals surface area contributed by atoms with E-state index >= 15 is 0 Å². The van der Waals surface area contributed by atoms with Crippen LogP contribution in [0.15, 0.2) is 35.4 Å². The number of benzene rings is 1. The molecule has 98 valence electrons. The maximum atomic E-state index is 9.56. The number of allylic oxidation sites excluding steroid dienone is 2. The van der Waals surface area contributed by atoms with Gasteiger partial charge in [0, 0.05) is 6.42 Å². The summed E-state index contributed by atoms with van der Waals surface area (Å²) in [5.74, 6) is 0. The lowest BCUT2D eigenvalue weighted by Gasteiger charge is -2.18. The quantitative estimate of drug-likeness (QED) is 0.435. The molecule has 0 heterocycles. The fourth-order valence-electron chi connectivity index (χ4n) is 2.06. The van der Waals surface area contributed by atoms with Gasteiger partial charge in [-0.1, -0.05) is 48.8 Å². The van der Waals surface area contributed by atoms with Crippen LogP contribution in [0.3, 0.4) is 0 Å². The highest BCUT2D eigenvalue weighted by Gasteiger charge is 2.10. The Labute approximate surface area is 111 Å². The number of hydrogen-bond donors (Lipinski definition) is 0. The second-order valence-corrected chi connectivity index (χ2v) is 4.99. The lowest BCUT2D eigenvalue weighted by atomic mass is 9.88. The summed E-state index contributed by atoms with van der Waals surface area (Å²) in [6.07, 6.45) is 6.17. The van der Waals surface area contributed by atoms with Crippen molar-refractivity contribution < 1.29 is 4.79 Å². The van der Waals surface area contributed by atoms with Crippen LogP contribution < -0.4 is 0 Å². The van der Waals surface area contributed by atoms with Gasteiger partial charge in [-0.3, -0.25) is 0 Å². The number of carbonyl (C=O) groups excluding carboxylic acids is 1. The van der Waals surface area contributed by atoms with Gasteiger partial charge in [-0.2, -0.15) is 0 Å². The monoisotopic (exact) mass is 244 g/mol. The van der Waals surface area contributed by atoms with Crippen LogP contribution in [-0.2, 0) is 17.6 Å². The van der Waals surface area contributed by atoms with E-state index in [4.69, 9.17) is 0 Å². The molecule has 1 aliphatic rings. The average Bonchev–Trinajstić information content (AvgIpc) is 2.38. The van der Waals surface area contributed by atoms with E-state index in [0.717, 1.165) is 38.4 Å². The van der Waals surface area contributed by atoms with Crippen molar-refractivity contribution in [3.63, 3.8) is 0 Å². The Morgan fingerprint density at radius 1 is 1.06 bits per heavy atom. The molecule has 0 saturated heterocycles. The molecule has 0 spiro atoms. The van der Waals surface area contributed by atoms with Gasteiger partial charge in [0.1, 0.15) is 6.29 Å². The van der Waals surface area contributed by atoms with E-state index in [-0.39, 0.29) is 0 Å². The topological polar surface area (TPSA) is 17.1 Å². The predicted molar refractivity (Wildman–Crippen MR) is 77.8 cm³/mol. The summed E-state index contributed by atoms with van der Waals surface area (Å²) in [4.78, 5) is 9.56. The fourth-order valence-corrected chi connectivity index (χ4v) is 2.06. The molecule has 0 saturated carbocycles. The Morgan fingerprint density at radius 3 is 1.89 bits per heavy atom. The van der Waals surface area contributed by atoms with Crippen molar-refractivity contribution in [3.8, 4) is 0 Å². The van der Waals surface area contributed by atoms with E-state index < -0.39 is 0 Å². The minimum Gasteiger partial charge on any atom is -0.303 e. The lowest BCUT2D eigenvalue weighted by molar-refractivity contribution is -0.107. The summed E-state index contributed by atoms with van der Waals surface area (Å²) in [5.41, 5.74) is 6.13. The third kappa shape index (κ3) is 4.48. The van der Waals surface area contributed by atoms with Gasteiger partial charge in [0.05, 0.1) is 0 Å². The Hall–Kier alpha value is -1.37. The van der Waals surface area contributed by atoms with Gasteiger partial charge in [-0.15, -0.1) is 0 Å². The second kappa shape index (κ2) is 7.86. The van der Waals surface area contributed by atoms with Crippen LogP contribution in [0.25, 0.3) is 0 Å². The highest BCUT2D eigenvalue weighted by Crippen LogP contribution is 2.24. The maximum Gasteiger partial charge on any atom is 0.119 e. The Bertz CT molecular complexity index is 382. The molecule has 0 fully saturated rings. The number of fused-ring (bicyclic) bond motifs is 1. The first kappa shape index (κ1) is 14.7. The van der Waals surface area contributed by atoms with E-state index in [1.807, 2.05) is 0 Å². The molecule has 1 aliphatic carbocycles. The third-order valence-electron chi connectivity index (χ3n) is 3.43. The number of hydrogen-bond acceptors (Lipinski definition) is 1. The smallest absolute Gasteiger partial charge is 0.119 e. The number of aldehydes is 1. The molecule has 1 aromatic rings. The summed E-state index contributed by atoms with van der Waals surface area (Å²) < 4.78 is 0.